The highest BCUT2D eigenvalue weighted by Crippen LogP contribution is 2.26. The van der Waals surface area contributed by atoms with Crippen molar-refractivity contribution >= 4 is 5.97 Å². The molecule has 4 nitrogen and oxygen atoms in total. The van der Waals surface area contributed by atoms with E-state index in [2.05, 4.69) is 0 Å². The number of unbranched alkanes of at least 4 members (excludes halogenated alkanes) is 1. The predicted molar refractivity (Wildman–Crippen MR) is 91.7 cm³/mol. The normalized spacial score (nSPS) is 12.1. The number of carbonyl (C=O) groups is 1. The third-order valence-corrected chi connectivity index (χ3v) is 3.71. The summed E-state index contributed by atoms with van der Waals surface area (Å²) in [5, 5.41) is 0. The number of esters is 1. The minimum Gasteiger partial charge on any atom is -0.451 e. The van der Waals surface area contributed by atoms with E-state index >= 15 is 0 Å². The van der Waals surface area contributed by atoms with Gasteiger partial charge in [-0.1, -0.05) is 67.1 Å². The lowest BCUT2D eigenvalue weighted by atomic mass is 10.0. The highest BCUT2D eigenvalue weighted by molar-refractivity contribution is 5.76. The third-order valence-electron chi connectivity index (χ3n) is 3.71. The molecule has 0 saturated heterocycles. The van der Waals surface area contributed by atoms with E-state index in [1.807, 2.05) is 60.7 Å². The van der Waals surface area contributed by atoms with E-state index in [1.54, 1.807) is 0 Å². The highest BCUT2D eigenvalue weighted by atomic mass is 16.5. The number of hydrogen-bond acceptors (Lipinski definition) is 4. The van der Waals surface area contributed by atoms with Gasteiger partial charge in [-0.15, -0.1) is 0 Å². The molecule has 0 bridgehead atoms. The van der Waals surface area contributed by atoms with E-state index in [9.17, 15) is 4.79 Å². The maximum absolute atomic E-state index is 12.3. The summed E-state index contributed by atoms with van der Waals surface area (Å²) in [6.07, 6.45) is 1.84. The van der Waals surface area contributed by atoms with Crippen molar-refractivity contribution in [2.75, 3.05) is 6.54 Å². The Balaban J connectivity index is 2.11. The molecule has 0 unspecified atom stereocenters. The first-order chi connectivity index (χ1) is 11.2. The quantitative estimate of drug-likeness (QED) is 0.580. The maximum Gasteiger partial charge on any atom is 0.323 e. The number of hydrogen-bond donors (Lipinski definition) is 2. The van der Waals surface area contributed by atoms with Gasteiger partial charge in [-0.25, -0.2) is 0 Å². The fraction of sp³-hybridized carbons (Fsp3) is 0.316. The minimum atomic E-state index is -0.614. The summed E-state index contributed by atoms with van der Waals surface area (Å²) in [4.78, 5) is 12.3. The summed E-state index contributed by atoms with van der Waals surface area (Å²) in [5.41, 5.74) is 13.3. The van der Waals surface area contributed by atoms with Gasteiger partial charge >= 0.3 is 5.97 Å². The monoisotopic (exact) mass is 312 g/mol. The molecule has 0 aliphatic rings. The van der Waals surface area contributed by atoms with Crippen LogP contribution >= 0.6 is 0 Å². The van der Waals surface area contributed by atoms with Crippen molar-refractivity contribution in [2.24, 2.45) is 11.5 Å². The third kappa shape index (κ3) is 5.20. The van der Waals surface area contributed by atoms with E-state index in [0.29, 0.717) is 13.0 Å². The fourth-order valence-electron chi connectivity index (χ4n) is 2.41. The van der Waals surface area contributed by atoms with Gasteiger partial charge in [0.15, 0.2) is 6.10 Å². The van der Waals surface area contributed by atoms with Crippen molar-refractivity contribution in [1.82, 2.24) is 0 Å². The topological polar surface area (TPSA) is 78.3 Å². The van der Waals surface area contributed by atoms with Crippen LogP contribution in [0.3, 0.4) is 0 Å². The molecular weight excluding hydrogens is 288 g/mol. The Kier molecular flexibility index (Phi) is 6.78. The SMILES string of the molecule is NCCCC[C@H](N)C(=O)OC(c1ccccc1)c1ccccc1. The average Bonchev–Trinajstić information content (AvgIpc) is 2.61. The molecule has 1 atom stereocenters. The predicted octanol–water partition coefficient (Wildman–Crippen LogP) is 2.78. The lowest BCUT2D eigenvalue weighted by molar-refractivity contribution is -0.149. The van der Waals surface area contributed by atoms with Crippen LogP contribution in [0.2, 0.25) is 0 Å². The highest BCUT2D eigenvalue weighted by Gasteiger charge is 2.22. The molecule has 0 heterocycles. The summed E-state index contributed by atoms with van der Waals surface area (Å²) in [6, 6.07) is 18.8. The standard InChI is InChI=1S/C19H24N2O2/c20-14-8-7-13-17(21)19(22)23-18(15-9-3-1-4-10-15)16-11-5-2-6-12-16/h1-6,9-12,17-18H,7-8,13-14,20-21H2/t17-/m0/s1. The lowest BCUT2D eigenvalue weighted by Crippen LogP contribution is -2.33. The second-order valence-corrected chi connectivity index (χ2v) is 5.53. The number of rotatable bonds is 8. The van der Waals surface area contributed by atoms with E-state index in [1.165, 1.54) is 0 Å². The molecule has 2 aromatic rings. The van der Waals surface area contributed by atoms with Crippen molar-refractivity contribution in [3.8, 4) is 0 Å². The van der Waals surface area contributed by atoms with Gasteiger partial charge in [0.2, 0.25) is 0 Å². The first-order valence-electron chi connectivity index (χ1n) is 7.98. The Morgan fingerprint density at radius 2 is 1.43 bits per heavy atom. The molecule has 0 aliphatic heterocycles. The maximum atomic E-state index is 12.3. The molecule has 0 aromatic heterocycles. The Bertz CT molecular complexity index is 547. The smallest absolute Gasteiger partial charge is 0.323 e. The lowest BCUT2D eigenvalue weighted by Gasteiger charge is -2.21. The van der Waals surface area contributed by atoms with Crippen molar-refractivity contribution in [3.63, 3.8) is 0 Å². The molecule has 4 N–H and O–H groups in total. The van der Waals surface area contributed by atoms with Crippen LogP contribution in [-0.2, 0) is 9.53 Å². The van der Waals surface area contributed by atoms with Crippen LogP contribution in [0.4, 0.5) is 0 Å². The van der Waals surface area contributed by atoms with Gasteiger partial charge in [0, 0.05) is 0 Å². The van der Waals surface area contributed by atoms with Gasteiger partial charge in [-0.05, 0) is 30.5 Å². The van der Waals surface area contributed by atoms with Gasteiger partial charge in [0.1, 0.15) is 6.04 Å². The molecule has 0 amide bonds. The molecule has 2 rings (SSSR count). The Morgan fingerprint density at radius 1 is 0.913 bits per heavy atom. The van der Waals surface area contributed by atoms with Gasteiger partial charge in [0.25, 0.3) is 0 Å². The molecule has 122 valence electrons. The summed E-state index contributed by atoms with van der Waals surface area (Å²) in [5.74, 6) is -0.375. The van der Waals surface area contributed by atoms with E-state index in [0.717, 1.165) is 24.0 Å². The van der Waals surface area contributed by atoms with Gasteiger partial charge < -0.3 is 16.2 Å². The fourth-order valence-corrected chi connectivity index (χ4v) is 2.41. The number of nitrogens with two attached hydrogens (primary N) is 2. The Morgan fingerprint density at radius 3 is 1.91 bits per heavy atom. The zero-order chi connectivity index (χ0) is 16.5. The molecule has 0 spiro atoms. The molecule has 0 radical (unpaired) electrons. The second kappa shape index (κ2) is 9.08. The first-order valence-corrected chi connectivity index (χ1v) is 7.98. The van der Waals surface area contributed by atoms with Crippen LogP contribution in [0.5, 0.6) is 0 Å². The van der Waals surface area contributed by atoms with Crippen LogP contribution in [0, 0.1) is 0 Å². The molecule has 0 aliphatic carbocycles. The summed E-state index contributed by atoms with van der Waals surface area (Å²) >= 11 is 0. The van der Waals surface area contributed by atoms with E-state index in [-0.39, 0.29) is 5.97 Å². The molecule has 0 fully saturated rings. The van der Waals surface area contributed by atoms with Gasteiger partial charge in [-0.2, -0.15) is 0 Å². The van der Waals surface area contributed by atoms with Crippen LogP contribution in [0.15, 0.2) is 60.7 Å². The van der Waals surface area contributed by atoms with Crippen molar-refractivity contribution in [1.29, 1.82) is 0 Å². The van der Waals surface area contributed by atoms with Crippen molar-refractivity contribution in [2.45, 2.75) is 31.4 Å². The van der Waals surface area contributed by atoms with Crippen LogP contribution < -0.4 is 11.5 Å². The van der Waals surface area contributed by atoms with Crippen LogP contribution in [0.25, 0.3) is 0 Å². The molecular formula is C19H24N2O2. The van der Waals surface area contributed by atoms with Crippen molar-refractivity contribution in [3.05, 3.63) is 71.8 Å². The number of carbonyl (C=O) groups excluding carboxylic acids is 1. The zero-order valence-corrected chi connectivity index (χ0v) is 13.2. The van der Waals surface area contributed by atoms with Crippen LogP contribution in [0.1, 0.15) is 36.5 Å². The summed E-state index contributed by atoms with van der Waals surface area (Å²) in [7, 11) is 0. The number of ether oxygens (including phenoxy) is 1. The first kappa shape index (κ1) is 17.2. The van der Waals surface area contributed by atoms with Gasteiger partial charge in [-0.3, -0.25) is 4.79 Å². The van der Waals surface area contributed by atoms with Gasteiger partial charge in [0.05, 0.1) is 0 Å². The average molecular weight is 312 g/mol. The molecule has 0 saturated carbocycles. The molecule has 23 heavy (non-hydrogen) atoms. The minimum absolute atomic E-state index is 0.375. The molecule has 4 heteroatoms. The number of benzene rings is 2. The van der Waals surface area contributed by atoms with Crippen LogP contribution in [-0.4, -0.2) is 18.6 Å². The van der Waals surface area contributed by atoms with Crippen molar-refractivity contribution < 1.29 is 9.53 Å². The second-order valence-electron chi connectivity index (χ2n) is 5.53. The van der Waals surface area contributed by atoms with E-state index < -0.39 is 12.1 Å². The largest absolute Gasteiger partial charge is 0.451 e. The zero-order valence-electron chi connectivity index (χ0n) is 13.2. The Hall–Kier alpha value is -2.17. The van der Waals surface area contributed by atoms with E-state index in [4.69, 9.17) is 16.2 Å². The Labute approximate surface area is 137 Å². The molecule has 2 aromatic carbocycles. The summed E-state index contributed by atoms with van der Waals surface area (Å²) in [6.45, 7) is 0.610. The summed E-state index contributed by atoms with van der Waals surface area (Å²) < 4.78 is 5.72.